The molecule has 0 saturated carbocycles. The Morgan fingerprint density at radius 2 is 1.83 bits per heavy atom. The van der Waals surface area contributed by atoms with Gasteiger partial charge in [0.2, 0.25) is 0 Å². The lowest BCUT2D eigenvalue weighted by Gasteiger charge is -2.41. The molecule has 152 valence electrons. The number of hydrogen-bond donors (Lipinski definition) is 0. The number of hydrogen-bond acceptors (Lipinski definition) is 6. The number of nitrogens with zero attached hydrogens (tertiary/aromatic N) is 6. The summed E-state index contributed by atoms with van der Waals surface area (Å²) in [5.41, 5.74) is 3.22. The van der Waals surface area contributed by atoms with Crippen molar-refractivity contribution >= 4 is 34.1 Å². The molecule has 0 bridgehead atoms. The van der Waals surface area contributed by atoms with Gasteiger partial charge in [-0.05, 0) is 49.6 Å². The van der Waals surface area contributed by atoms with Crippen LogP contribution in [0.5, 0.6) is 0 Å². The van der Waals surface area contributed by atoms with E-state index < -0.39 is 0 Å². The summed E-state index contributed by atoms with van der Waals surface area (Å²) in [5.74, 6) is 2.48. The van der Waals surface area contributed by atoms with Gasteiger partial charge >= 0.3 is 0 Å². The predicted octanol–water partition coefficient (Wildman–Crippen LogP) is 4.33. The van der Waals surface area contributed by atoms with Crippen molar-refractivity contribution in [2.24, 2.45) is 5.92 Å². The maximum atomic E-state index is 9.16. The van der Waals surface area contributed by atoms with Gasteiger partial charge in [-0.15, -0.1) is 0 Å². The number of rotatable bonds is 3. The van der Waals surface area contributed by atoms with Crippen LogP contribution in [0.25, 0.3) is 10.9 Å². The van der Waals surface area contributed by atoms with E-state index in [0.29, 0.717) is 5.92 Å². The zero-order chi connectivity index (χ0) is 20.7. The van der Waals surface area contributed by atoms with Crippen molar-refractivity contribution < 1.29 is 0 Å². The number of benzene rings is 1. The SMILES string of the molecule is Cc1cc(N2CC(c3nccnc3N3CCC(C#N)CC3)C2)nc2ccc(Cl)cc12. The molecule has 4 heterocycles. The van der Waals surface area contributed by atoms with Gasteiger partial charge in [-0.1, -0.05) is 11.6 Å². The molecule has 1 aromatic carbocycles. The molecule has 30 heavy (non-hydrogen) atoms. The number of pyridine rings is 1. The predicted molar refractivity (Wildman–Crippen MR) is 119 cm³/mol. The standard InChI is InChI=1S/C23H23ClN6/c1-15-10-21(28-20-3-2-18(24)11-19(15)20)30-13-17(14-30)22-23(27-7-6-26-22)29-8-4-16(12-25)5-9-29/h2-3,6-7,10-11,16-17H,4-5,8-9,13-14H2,1H3. The Morgan fingerprint density at radius 1 is 1.07 bits per heavy atom. The van der Waals surface area contributed by atoms with Crippen LogP contribution in [0.15, 0.2) is 36.7 Å². The van der Waals surface area contributed by atoms with Crippen LogP contribution in [0.1, 0.15) is 30.0 Å². The van der Waals surface area contributed by atoms with Gasteiger partial charge in [-0.2, -0.15) is 5.26 Å². The summed E-state index contributed by atoms with van der Waals surface area (Å²) in [6.45, 7) is 5.60. The van der Waals surface area contributed by atoms with Gasteiger partial charge in [0.05, 0.1) is 17.3 Å². The fourth-order valence-corrected chi connectivity index (χ4v) is 4.61. The van der Waals surface area contributed by atoms with E-state index in [4.69, 9.17) is 21.8 Å². The van der Waals surface area contributed by atoms with Gasteiger partial charge in [0.15, 0.2) is 5.82 Å². The van der Waals surface area contributed by atoms with Crippen LogP contribution in [0, 0.1) is 24.2 Å². The molecule has 0 radical (unpaired) electrons. The number of halogens is 1. The quantitative estimate of drug-likeness (QED) is 0.630. The van der Waals surface area contributed by atoms with Crippen LogP contribution in [0.2, 0.25) is 5.02 Å². The summed E-state index contributed by atoms with van der Waals surface area (Å²) >= 11 is 6.14. The highest BCUT2D eigenvalue weighted by Crippen LogP contribution is 2.36. The second-order valence-electron chi connectivity index (χ2n) is 8.22. The van der Waals surface area contributed by atoms with E-state index >= 15 is 0 Å². The molecule has 0 aliphatic carbocycles. The molecule has 0 unspecified atom stereocenters. The number of fused-ring (bicyclic) bond motifs is 1. The van der Waals surface area contributed by atoms with E-state index in [1.165, 1.54) is 5.56 Å². The largest absolute Gasteiger partial charge is 0.355 e. The topological polar surface area (TPSA) is 68.9 Å². The molecular formula is C23H23ClN6. The van der Waals surface area contributed by atoms with Crippen LogP contribution in [-0.4, -0.2) is 41.1 Å². The molecule has 3 aromatic rings. The van der Waals surface area contributed by atoms with E-state index in [-0.39, 0.29) is 5.92 Å². The number of nitriles is 1. The van der Waals surface area contributed by atoms with Gasteiger partial charge in [0.1, 0.15) is 5.82 Å². The van der Waals surface area contributed by atoms with E-state index in [1.807, 2.05) is 18.2 Å². The number of aromatic nitrogens is 3. The molecular weight excluding hydrogens is 396 g/mol. The average molecular weight is 419 g/mol. The Morgan fingerprint density at radius 3 is 2.60 bits per heavy atom. The fourth-order valence-electron chi connectivity index (χ4n) is 4.44. The number of piperidine rings is 1. The van der Waals surface area contributed by atoms with Crippen LogP contribution in [0.4, 0.5) is 11.6 Å². The van der Waals surface area contributed by atoms with E-state index in [9.17, 15) is 0 Å². The normalized spacial score (nSPS) is 17.8. The molecule has 7 heteroatoms. The summed E-state index contributed by atoms with van der Waals surface area (Å²) in [7, 11) is 0. The lowest BCUT2D eigenvalue weighted by atomic mass is 9.93. The van der Waals surface area contributed by atoms with Crippen molar-refractivity contribution in [3.05, 3.63) is 52.9 Å². The molecule has 2 aliphatic rings. The average Bonchev–Trinajstić information content (AvgIpc) is 2.74. The molecule has 0 atom stereocenters. The van der Waals surface area contributed by atoms with E-state index in [0.717, 1.165) is 72.3 Å². The summed E-state index contributed by atoms with van der Waals surface area (Å²) in [5, 5.41) is 11.0. The first-order chi connectivity index (χ1) is 14.6. The molecule has 2 aromatic heterocycles. The summed E-state index contributed by atoms with van der Waals surface area (Å²) < 4.78 is 0. The maximum absolute atomic E-state index is 9.16. The smallest absolute Gasteiger partial charge is 0.150 e. The van der Waals surface area contributed by atoms with Crippen LogP contribution in [0.3, 0.4) is 0 Å². The summed E-state index contributed by atoms with van der Waals surface area (Å²) in [6.07, 6.45) is 5.35. The molecule has 0 spiro atoms. The van der Waals surface area contributed by atoms with Crippen molar-refractivity contribution in [1.82, 2.24) is 15.0 Å². The Bertz CT molecular complexity index is 1130. The zero-order valence-corrected chi connectivity index (χ0v) is 17.7. The Balaban J connectivity index is 1.34. The molecule has 0 N–H and O–H groups in total. The molecule has 5 rings (SSSR count). The van der Waals surface area contributed by atoms with Gasteiger partial charge in [-0.25, -0.2) is 9.97 Å². The Kier molecular flexibility index (Phi) is 4.92. The highest BCUT2D eigenvalue weighted by atomic mass is 35.5. The lowest BCUT2D eigenvalue weighted by molar-refractivity contribution is 0.473. The molecule has 2 aliphatic heterocycles. The van der Waals surface area contributed by atoms with Crippen molar-refractivity contribution in [3.8, 4) is 6.07 Å². The minimum absolute atomic E-state index is 0.165. The lowest BCUT2D eigenvalue weighted by Crippen LogP contribution is -2.47. The minimum Gasteiger partial charge on any atom is -0.355 e. The summed E-state index contributed by atoms with van der Waals surface area (Å²) in [6, 6.07) is 10.4. The third-order valence-corrected chi connectivity index (χ3v) is 6.47. The van der Waals surface area contributed by atoms with Gasteiger partial charge in [-0.3, -0.25) is 4.98 Å². The third-order valence-electron chi connectivity index (χ3n) is 6.24. The highest BCUT2D eigenvalue weighted by molar-refractivity contribution is 6.31. The molecule has 0 amide bonds. The first kappa shape index (κ1) is 19.1. The maximum Gasteiger partial charge on any atom is 0.150 e. The highest BCUT2D eigenvalue weighted by Gasteiger charge is 2.34. The van der Waals surface area contributed by atoms with Crippen LogP contribution >= 0.6 is 11.6 Å². The van der Waals surface area contributed by atoms with Crippen molar-refractivity contribution in [2.75, 3.05) is 36.0 Å². The Hall–Kier alpha value is -2.91. The van der Waals surface area contributed by atoms with E-state index in [1.54, 1.807) is 12.4 Å². The van der Waals surface area contributed by atoms with Crippen LogP contribution in [-0.2, 0) is 0 Å². The van der Waals surface area contributed by atoms with Gasteiger partial charge in [0, 0.05) is 60.8 Å². The van der Waals surface area contributed by atoms with Crippen LogP contribution < -0.4 is 9.80 Å². The van der Waals surface area contributed by atoms with Crippen molar-refractivity contribution in [1.29, 1.82) is 5.26 Å². The second kappa shape index (κ2) is 7.73. The van der Waals surface area contributed by atoms with E-state index in [2.05, 4.69) is 38.8 Å². The number of aryl methyl sites for hydroxylation is 1. The first-order valence-electron chi connectivity index (χ1n) is 10.4. The fraction of sp³-hybridized carbons (Fsp3) is 0.391. The first-order valence-corrected chi connectivity index (χ1v) is 10.8. The minimum atomic E-state index is 0.165. The molecule has 2 fully saturated rings. The van der Waals surface area contributed by atoms with Crippen molar-refractivity contribution in [3.63, 3.8) is 0 Å². The third kappa shape index (κ3) is 3.44. The zero-order valence-electron chi connectivity index (χ0n) is 16.9. The molecule has 2 saturated heterocycles. The van der Waals surface area contributed by atoms with Gasteiger partial charge < -0.3 is 9.80 Å². The van der Waals surface area contributed by atoms with Gasteiger partial charge in [0.25, 0.3) is 0 Å². The monoisotopic (exact) mass is 418 g/mol. The molecule has 6 nitrogen and oxygen atoms in total. The second-order valence-corrected chi connectivity index (χ2v) is 8.65. The van der Waals surface area contributed by atoms with Crippen molar-refractivity contribution in [2.45, 2.75) is 25.7 Å². The Labute approximate surface area is 181 Å². The summed E-state index contributed by atoms with van der Waals surface area (Å²) in [4.78, 5) is 18.8. The number of anilines is 2.